The number of carbonyl (C=O) groups is 2. The first-order valence-electron chi connectivity index (χ1n) is 8.80. The van der Waals surface area contributed by atoms with Crippen molar-refractivity contribution in [1.82, 2.24) is 15.3 Å². The predicted molar refractivity (Wildman–Crippen MR) is 108 cm³/mol. The van der Waals surface area contributed by atoms with Crippen molar-refractivity contribution in [2.75, 3.05) is 7.11 Å². The van der Waals surface area contributed by atoms with Gasteiger partial charge in [-0.25, -0.2) is 9.78 Å². The summed E-state index contributed by atoms with van der Waals surface area (Å²) in [6.45, 7) is 3.60. The van der Waals surface area contributed by atoms with Crippen molar-refractivity contribution < 1.29 is 24.2 Å². The summed E-state index contributed by atoms with van der Waals surface area (Å²) in [6, 6.07) is 1.77. The summed E-state index contributed by atoms with van der Waals surface area (Å²) in [6.07, 6.45) is 2.90. The third-order valence-corrected chi connectivity index (χ3v) is 4.62. The molecule has 0 saturated carbocycles. The van der Waals surface area contributed by atoms with Crippen molar-refractivity contribution in [3.63, 3.8) is 0 Å². The van der Waals surface area contributed by atoms with Crippen LogP contribution in [0.4, 0.5) is 0 Å². The quantitative estimate of drug-likeness (QED) is 0.604. The Morgan fingerprint density at radius 3 is 2.66 bits per heavy atom. The monoisotopic (exact) mass is 441 g/mol. The van der Waals surface area contributed by atoms with E-state index in [0.29, 0.717) is 17.1 Å². The van der Waals surface area contributed by atoms with Gasteiger partial charge in [0.1, 0.15) is 6.04 Å². The van der Waals surface area contributed by atoms with Crippen LogP contribution in [0.2, 0.25) is 10.0 Å². The second kappa shape index (κ2) is 10.3. The van der Waals surface area contributed by atoms with Gasteiger partial charge in [0, 0.05) is 24.9 Å². The number of nitrogens with zero attached hydrogens (tertiary/aromatic N) is 2. The Bertz CT molecular complexity index is 894. The van der Waals surface area contributed by atoms with Gasteiger partial charge < -0.3 is 19.9 Å². The Hall–Kier alpha value is -2.58. The van der Waals surface area contributed by atoms with E-state index in [9.17, 15) is 14.7 Å². The zero-order chi connectivity index (χ0) is 21.6. The van der Waals surface area contributed by atoms with E-state index < -0.39 is 23.7 Å². The van der Waals surface area contributed by atoms with Gasteiger partial charge in [0.2, 0.25) is 0 Å². The van der Waals surface area contributed by atoms with E-state index in [-0.39, 0.29) is 29.0 Å². The minimum atomic E-state index is -1.12. The van der Waals surface area contributed by atoms with E-state index in [1.807, 2.05) is 6.92 Å². The molecule has 2 aromatic rings. The highest BCUT2D eigenvalue weighted by Crippen LogP contribution is 2.27. The second-order valence-electron chi connectivity index (χ2n) is 6.18. The summed E-state index contributed by atoms with van der Waals surface area (Å²) in [5.41, 5.74) is 0.0612. The van der Waals surface area contributed by atoms with E-state index >= 15 is 0 Å². The zero-order valence-electron chi connectivity index (χ0n) is 16.1. The third kappa shape index (κ3) is 5.95. The highest BCUT2D eigenvalue weighted by atomic mass is 35.5. The molecule has 1 amide bonds. The Kier molecular flexibility index (Phi) is 8.04. The van der Waals surface area contributed by atoms with Crippen LogP contribution in [0.3, 0.4) is 0 Å². The van der Waals surface area contributed by atoms with Gasteiger partial charge in [-0.05, 0) is 19.4 Å². The Balaban J connectivity index is 2.29. The van der Waals surface area contributed by atoms with Crippen LogP contribution >= 0.6 is 23.2 Å². The molecular weight excluding hydrogens is 421 g/mol. The minimum absolute atomic E-state index is 0.0399. The number of hydrogen-bond acceptors (Lipinski definition) is 7. The molecule has 2 N–H and O–H groups in total. The maximum atomic E-state index is 12.7. The van der Waals surface area contributed by atoms with E-state index in [4.69, 9.17) is 32.7 Å². The first-order chi connectivity index (χ1) is 13.8. The third-order valence-electron chi connectivity index (χ3n) is 4.09. The Morgan fingerprint density at radius 1 is 1.31 bits per heavy atom. The average molecular weight is 442 g/mol. The van der Waals surface area contributed by atoms with Gasteiger partial charge in [-0.1, -0.05) is 30.1 Å². The number of esters is 1. The fraction of sp³-hybridized carbons (Fsp3) is 0.368. The number of rotatable bonds is 8. The van der Waals surface area contributed by atoms with Gasteiger partial charge in [0.15, 0.2) is 17.2 Å². The number of hydrogen-bond donors (Lipinski definition) is 2. The number of halogens is 2. The summed E-state index contributed by atoms with van der Waals surface area (Å²) in [4.78, 5) is 33.3. The highest BCUT2D eigenvalue weighted by Gasteiger charge is 2.28. The summed E-state index contributed by atoms with van der Waals surface area (Å²) in [7, 11) is 1.34. The van der Waals surface area contributed by atoms with E-state index in [2.05, 4.69) is 15.3 Å². The molecule has 0 bridgehead atoms. The molecule has 0 fully saturated rings. The molecule has 29 heavy (non-hydrogen) atoms. The number of nitrogens with one attached hydrogen (secondary N) is 1. The van der Waals surface area contributed by atoms with Crippen LogP contribution in [-0.2, 0) is 16.0 Å². The summed E-state index contributed by atoms with van der Waals surface area (Å²) < 4.78 is 10.3. The maximum absolute atomic E-state index is 12.7. The summed E-state index contributed by atoms with van der Waals surface area (Å²) in [5, 5.41) is 13.3. The lowest BCUT2D eigenvalue weighted by Crippen LogP contribution is -2.44. The number of methoxy groups -OCH3 is 1. The first kappa shape index (κ1) is 22.7. The number of aromatic nitrogens is 2. The molecule has 2 rings (SSSR count). The topological polar surface area (TPSA) is 111 Å². The number of ether oxygens (including phenoxy) is 2. The summed E-state index contributed by atoms with van der Waals surface area (Å²) >= 11 is 12.0. The molecule has 2 atom stereocenters. The zero-order valence-corrected chi connectivity index (χ0v) is 17.6. The van der Waals surface area contributed by atoms with Crippen molar-refractivity contribution in [3.05, 3.63) is 46.0 Å². The first-order valence-corrected chi connectivity index (χ1v) is 9.55. The lowest BCUT2D eigenvalue weighted by Gasteiger charge is -2.20. The molecular formula is C19H21Cl2N3O5. The molecule has 10 heteroatoms. The van der Waals surface area contributed by atoms with Crippen LogP contribution in [0.15, 0.2) is 24.5 Å². The molecule has 0 aliphatic carbocycles. The number of amides is 1. The predicted octanol–water partition coefficient (Wildman–Crippen LogP) is 3.18. The van der Waals surface area contributed by atoms with Crippen LogP contribution < -0.4 is 10.1 Å². The molecule has 0 saturated heterocycles. The molecule has 2 aromatic heterocycles. The normalized spacial score (nSPS) is 12.7. The van der Waals surface area contributed by atoms with Gasteiger partial charge in [-0.3, -0.25) is 9.78 Å². The minimum Gasteiger partial charge on any atom is -0.503 e. The lowest BCUT2D eigenvalue weighted by molar-refractivity contribution is -0.150. The smallest absolute Gasteiger partial charge is 0.329 e. The van der Waals surface area contributed by atoms with Crippen LogP contribution in [-0.4, -0.2) is 46.2 Å². The lowest BCUT2D eigenvalue weighted by atomic mass is 10.1. The average Bonchev–Trinajstić information content (AvgIpc) is 2.69. The standard InChI is InChI=1S/C19H21Cl2N3O5/c1-4-10(2)29-19(27)14(8-13-12(21)7-11(20)9-23-13)24-18(26)16-17(25)15(28-3)5-6-22-16/h5-7,9-10,14,25H,4,8H2,1-3H3,(H,24,26)/t10?,14-/m0/s1. The molecule has 2 heterocycles. The van der Waals surface area contributed by atoms with Gasteiger partial charge in [0.25, 0.3) is 5.91 Å². The van der Waals surface area contributed by atoms with E-state index in [1.54, 1.807) is 6.92 Å². The molecule has 0 aliphatic heterocycles. The van der Waals surface area contributed by atoms with Crippen LogP contribution in [0.25, 0.3) is 0 Å². The van der Waals surface area contributed by atoms with Crippen LogP contribution in [0.5, 0.6) is 11.5 Å². The SMILES string of the molecule is CCC(C)OC(=O)[C@H](Cc1ncc(Cl)cc1Cl)NC(=O)c1nccc(OC)c1O. The van der Waals surface area contributed by atoms with Crippen LogP contribution in [0.1, 0.15) is 36.5 Å². The molecule has 0 aliphatic rings. The summed E-state index contributed by atoms with van der Waals surface area (Å²) in [5.74, 6) is -1.81. The molecule has 0 radical (unpaired) electrons. The molecule has 156 valence electrons. The van der Waals surface area contributed by atoms with E-state index in [0.717, 1.165) is 0 Å². The fourth-order valence-corrected chi connectivity index (χ4v) is 2.79. The van der Waals surface area contributed by atoms with Gasteiger partial charge in [0.05, 0.1) is 29.0 Å². The number of carbonyl (C=O) groups excluding carboxylic acids is 2. The molecule has 0 aromatic carbocycles. The van der Waals surface area contributed by atoms with Crippen molar-refractivity contribution in [3.8, 4) is 11.5 Å². The molecule has 0 spiro atoms. The number of aromatic hydroxyl groups is 1. The van der Waals surface area contributed by atoms with Crippen molar-refractivity contribution >= 4 is 35.1 Å². The van der Waals surface area contributed by atoms with E-state index in [1.165, 1.54) is 31.6 Å². The van der Waals surface area contributed by atoms with Gasteiger partial charge in [-0.15, -0.1) is 0 Å². The van der Waals surface area contributed by atoms with Crippen molar-refractivity contribution in [2.45, 2.75) is 38.8 Å². The van der Waals surface area contributed by atoms with Crippen molar-refractivity contribution in [1.29, 1.82) is 0 Å². The van der Waals surface area contributed by atoms with Crippen LogP contribution in [0, 0.1) is 0 Å². The van der Waals surface area contributed by atoms with Gasteiger partial charge >= 0.3 is 5.97 Å². The van der Waals surface area contributed by atoms with Gasteiger partial charge in [-0.2, -0.15) is 0 Å². The molecule has 8 nitrogen and oxygen atoms in total. The largest absolute Gasteiger partial charge is 0.503 e. The fourth-order valence-electron chi connectivity index (χ4n) is 2.34. The van der Waals surface area contributed by atoms with Crippen molar-refractivity contribution in [2.24, 2.45) is 0 Å². The number of pyridine rings is 2. The Morgan fingerprint density at radius 2 is 2.03 bits per heavy atom. The maximum Gasteiger partial charge on any atom is 0.329 e. The second-order valence-corrected chi connectivity index (χ2v) is 7.02. The highest BCUT2D eigenvalue weighted by molar-refractivity contribution is 6.34. The Labute approximate surface area is 178 Å². The molecule has 1 unspecified atom stereocenters.